The summed E-state index contributed by atoms with van der Waals surface area (Å²) in [7, 11) is -1.60. The van der Waals surface area contributed by atoms with Crippen molar-refractivity contribution in [3.8, 4) is 0 Å². The van der Waals surface area contributed by atoms with E-state index < -0.39 is 8.00 Å². The zero-order valence-corrected chi connectivity index (χ0v) is 8.96. The molecular formula is C10H15O2P. The lowest BCUT2D eigenvalue weighted by Gasteiger charge is -2.05. The van der Waals surface area contributed by atoms with Crippen LogP contribution in [0.15, 0.2) is 24.3 Å². The van der Waals surface area contributed by atoms with Crippen molar-refractivity contribution in [2.24, 2.45) is 5.92 Å². The maximum atomic E-state index is 11.5. The predicted molar refractivity (Wildman–Crippen MR) is 55.6 cm³/mol. The van der Waals surface area contributed by atoms with E-state index in [1.54, 1.807) is 0 Å². The topological polar surface area (TPSA) is 32.3 Å². The molecule has 0 aromatic rings. The van der Waals surface area contributed by atoms with Crippen molar-refractivity contribution in [3.63, 3.8) is 0 Å². The summed E-state index contributed by atoms with van der Waals surface area (Å²) < 4.78 is 5.23. The summed E-state index contributed by atoms with van der Waals surface area (Å²) in [6.45, 7) is 4.66. The second-order valence-corrected chi connectivity index (χ2v) is 4.78. The molecule has 72 valence electrons. The molecule has 0 fully saturated rings. The number of hydrogen-bond acceptors (Lipinski definition) is 2. The van der Waals surface area contributed by atoms with Crippen molar-refractivity contribution in [1.82, 2.24) is 0 Å². The summed E-state index contributed by atoms with van der Waals surface area (Å²) in [5.74, 6) is 0.433. The molecule has 0 aromatic carbocycles. The summed E-state index contributed by atoms with van der Waals surface area (Å²) in [6, 6.07) is 0. The Balaban J connectivity index is 2.49. The van der Waals surface area contributed by atoms with E-state index in [2.05, 4.69) is 0 Å². The third-order valence-corrected chi connectivity index (χ3v) is 2.81. The van der Waals surface area contributed by atoms with Crippen LogP contribution in [-0.2, 0) is 4.52 Å². The van der Waals surface area contributed by atoms with Gasteiger partial charge >= 0.3 is 0 Å². The number of allylic oxidation sites excluding steroid dienone is 4. The normalized spacial score (nSPS) is 19.7. The van der Waals surface area contributed by atoms with Crippen LogP contribution in [0, 0.1) is 5.92 Å². The molecule has 0 saturated carbocycles. The lowest BCUT2D eigenvalue weighted by molar-refractivity contribution is -0.172. The zero-order valence-electron chi connectivity index (χ0n) is 8.06. The smallest absolute Gasteiger partial charge is 0.224 e. The molecule has 13 heavy (non-hydrogen) atoms. The van der Waals surface area contributed by atoms with Crippen LogP contribution >= 0.6 is 8.00 Å². The van der Waals surface area contributed by atoms with Crippen molar-refractivity contribution in [3.05, 3.63) is 24.3 Å². The van der Waals surface area contributed by atoms with Gasteiger partial charge in [0, 0.05) is 6.42 Å². The zero-order chi connectivity index (χ0) is 9.68. The Hall–Kier alpha value is -0.430. The van der Waals surface area contributed by atoms with E-state index in [9.17, 15) is 4.89 Å². The van der Waals surface area contributed by atoms with Crippen molar-refractivity contribution < 1.29 is 9.42 Å². The molecule has 0 spiro atoms. The van der Waals surface area contributed by atoms with Gasteiger partial charge in [-0.15, -0.1) is 0 Å². The maximum absolute atomic E-state index is 11.5. The quantitative estimate of drug-likeness (QED) is 0.650. The highest BCUT2D eigenvalue weighted by atomic mass is 31.1. The highest BCUT2D eigenvalue weighted by Gasteiger charge is 2.09. The van der Waals surface area contributed by atoms with Crippen molar-refractivity contribution in [2.45, 2.75) is 20.3 Å². The molecule has 1 aliphatic carbocycles. The van der Waals surface area contributed by atoms with Gasteiger partial charge in [-0.25, -0.2) is 0 Å². The molecule has 0 bridgehead atoms. The van der Waals surface area contributed by atoms with E-state index in [0.29, 0.717) is 12.5 Å². The number of hydrogen-bond donors (Lipinski definition) is 0. The molecule has 0 aliphatic heterocycles. The molecule has 0 amide bonds. The SMILES string of the molecule is CC(C)CO/[P+]([O-])=C1/C=CC=CC1. The monoisotopic (exact) mass is 198 g/mol. The first kappa shape index (κ1) is 10.6. The third kappa shape index (κ3) is 3.86. The van der Waals surface area contributed by atoms with Crippen molar-refractivity contribution in [2.75, 3.05) is 6.61 Å². The van der Waals surface area contributed by atoms with Crippen LogP contribution in [0.25, 0.3) is 0 Å². The molecule has 0 radical (unpaired) electrons. The average molecular weight is 198 g/mol. The Labute approximate surface area is 80.5 Å². The van der Waals surface area contributed by atoms with Crippen LogP contribution in [0.1, 0.15) is 20.3 Å². The maximum Gasteiger partial charge on any atom is 0.224 e. The minimum Gasteiger partial charge on any atom is -0.603 e. The fraction of sp³-hybridized carbons (Fsp3) is 0.500. The lowest BCUT2D eigenvalue weighted by atomic mass is 10.2. The molecule has 1 atom stereocenters. The Morgan fingerprint density at radius 2 is 2.31 bits per heavy atom. The molecule has 3 heteroatoms. The lowest BCUT2D eigenvalue weighted by Crippen LogP contribution is -2.06. The fourth-order valence-corrected chi connectivity index (χ4v) is 2.00. The number of rotatable bonds is 3. The predicted octanol–water partition coefficient (Wildman–Crippen LogP) is 2.02. The minimum absolute atomic E-state index is 0.433. The highest BCUT2D eigenvalue weighted by molar-refractivity contribution is 7.47. The molecule has 0 saturated heterocycles. The van der Waals surface area contributed by atoms with Gasteiger partial charge in [0.2, 0.25) is 8.00 Å². The van der Waals surface area contributed by atoms with Gasteiger partial charge in [-0.2, -0.15) is 4.52 Å². The van der Waals surface area contributed by atoms with E-state index in [4.69, 9.17) is 4.52 Å². The molecule has 0 aromatic heterocycles. The minimum atomic E-state index is -1.60. The third-order valence-electron chi connectivity index (χ3n) is 1.62. The first-order valence-corrected chi connectivity index (χ1v) is 5.67. The Kier molecular flexibility index (Phi) is 4.37. The van der Waals surface area contributed by atoms with Crippen LogP contribution in [0.2, 0.25) is 0 Å². The van der Waals surface area contributed by atoms with Crippen molar-refractivity contribution in [1.29, 1.82) is 0 Å². The van der Waals surface area contributed by atoms with Gasteiger partial charge in [-0.05, 0) is 12.0 Å². The summed E-state index contributed by atoms with van der Waals surface area (Å²) >= 11 is 0. The molecule has 1 aliphatic rings. The fourth-order valence-electron chi connectivity index (χ4n) is 0.937. The van der Waals surface area contributed by atoms with Gasteiger partial charge in [-0.3, -0.25) is 0 Å². The highest BCUT2D eigenvalue weighted by Crippen LogP contribution is 2.21. The first-order chi connectivity index (χ1) is 6.20. The molecule has 1 unspecified atom stereocenters. The molecule has 2 nitrogen and oxygen atoms in total. The van der Waals surface area contributed by atoms with E-state index in [0.717, 1.165) is 11.7 Å². The van der Waals surface area contributed by atoms with Gasteiger partial charge in [-0.1, -0.05) is 32.1 Å². The Bertz CT molecular complexity index is 252. The average Bonchev–Trinajstić information content (AvgIpc) is 2.15. The second kappa shape index (κ2) is 5.33. The molecular weight excluding hydrogens is 183 g/mol. The Morgan fingerprint density at radius 3 is 2.85 bits per heavy atom. The standard InChI is InChI=1S/C10H15O2P/c1-9(2)8-12-13(11)10-6-4-3-5-7-10/h3-6,9H,7-8H2,1-2H3. The van der Waals surface area contributed by atoms with Gasteiger partial charge in [0.25, 0.3) is 0 Å². The van der Waals surface area contributed by atoms with E-state index >= 15 is 0 Å². The van der Waals surface area contributed by atoms with E-state index in [1.807, 2.05) is 38.2 Å². The van der Waals surface area contributed by atoms with E-state index in [1.165, 1.54) is 0 Å². The Morgan fingerprint density at radius 1 is 1.54 bits per heavy atom. The second-order valence-electron chi connectivity index (χ2n) is 3.43. The summed E-state index contributed by atoms with van der Waals surface area (Å²) in [5, 5.41) is 0.887. The van der Waals surface area contributed by atoms with Crippen molar-refractivity contribution >= 4 is 13.3 Å². The molecule has 1 rings (SSSR count). The first-order valence-electron chi connectivity index (χ1n) is 4.49. The summed E-state index contributed by atoms with van der Waals surface area (Å²) in [4.78, 5) is 11.5. The molecule has 0 heterocycles. The van der Waals surface area contributed by atoms with Crippen LogP contribution in [0.5, 0.6) is 0 Å². The van der Waals surface area contributed by atoms with E-state index in [-0.39, 0.29) is 0 Å². The van der Waals surface area contributed by atoms with Crippen LogP contribution < -0.4 is 4.89 Å². The largest absolute Gasteiger partial charge is 0.603 e. The van der Waals surface area contributed by atoms with Crippen LogP contribution in [0.4, 0.5) is 0 Å². The summed E-state index contributed by atoms with van der Waals surface area (Å²) in [5.41, 5.74) is 0. The van der Waals surface area contributed by atoms with Crippen LogP contribution in [-0.4, -0.2) is 11.9 Å². The van der Waals surface area contributed by atoms with Gasteiger partial charge in [0.05, 0.1) is 0 Å². The van der Waals surface area contributed by atoms with Gasteiger partial charge < -0.3 is 4.89 Å². The summed E-state index contributed by atoms with van der Waals surface area (Å²) in [6.07, 6.45) is 8.46. The molecule has 0 N–H and O–H groups in total. The van der Waals surface area contributed by atoms with Gasteiger partial charge in [0.1, 0.15) is 6.61 Å². The van der Waals surface area contributed by atoms with Crippen LogP contribution in [0.3, 0.4) is 0 Å². The van der Waals surface area contributed by atoms with Gasteiger partial charge in [0.15, 0.2) is 5.29 Å².